The molecule has 1 N–H and O–H groups in total. The maximum absolute atomic E-state index is 9.79. The average Bonchev–Trinajstić information content (AvgIpc) is 2.19. The monoisotopic (exact) mass is 203 g/mol. The highest BCUT2D eigenvalue weighted by Crippen LogP contribution is 2.03. The van der Waals surface area contributed by atoms with Crippen molar-refractivity contribution in [2.75, 3.05) is 20.1 Å². The summed E-state index contributed by atoms with van der Waals surface area (Å²) in [5, 5.41) is 9.79. The standard InChI is InChI=1S/C13H17NO/c1-3-9-14(2)11-13(15)10-12-7-5-4-6-8-12/h1,4-8,13,15H,9-11H2,2H3/t13-/m0/s1. The molecule has 0 amide bonds. The molecular weight excluding hydrogens is 186 g/mol. The molecule has 15 heavy (non-hydrogen) atoms. The molecule has 0 aromatic heterocycles. The van der Waals surface area contributed by atoms with Gasteiger partial charge in [-0.25, -0.2) is 0 Å². The number of aliphatic hydroxyl groups excluding tert-OH is 1. The van der Waals surface area contributed by atoms with E-state index in [1.807, 2.05) is 42.3 Å². The summed E-state index contributed by atoms with van der Waals surface area (Å²) in [6.07, 6.45) is 5.50. The van der Waals surface area contributed by atoms with E-state index >= 15 is 0 Å². The highest BCUT2D eigenvalue weighted by Gasteiger charge is 2.07. The second-order valence-corrected chi connectivity index (χ2v) is 3.74. The van der Waals surface area contributed by atoms with Gasteiger partial charge < -0.3 is 5.11 Å². The van der Waals surface area contributed by atoms with Gasteiger partial charge in [-0.05, 0) is 19.0 Å². The molecule has 1 aromatic rings. The number of aliphatic hydroxyl groups is 1. The van der Waals surface area contributed by atoms with Crippen molar-refractivity contribution in [2.45, 2.75) is 12.5 Å². The number of likely N-dealkylation sites (N-methyl/N-ethyl adjacent to an activating group) is 1. The summed E-state index contributed by atoms with van der Waals surface area (Å²) in [7, 11) is 1.91. The number of benzene rings is 1. The van der Waals surface area contributed by atoms with Crippen molar-refractivity contribution in [1.29, 1.82) is 0 Å². The first kappa shape index (κ1) is 11.8. The highest BCUT2D eigenvalue weighted by molar-refractivity contribution is 5.15. The normalized spacial score (nSPS) is 12.4. The van der Waals surface area contributed by atoms with Crippen LogP contribution in [0.15, 0.2) is 30.3 Å². The quantitative estimate of drug-likeness (QED) is 0.726. The van der Waals surface area contributed by atoms with Gasteiger partial charge in [-0.2, -0.15) is 0 Å². The zero-order chi connectivity index (χ0) is 11.1. The van der Waals surface area contributed by atoms with Crippen LogP contribution in [0.3, 0.4) is 0 Å². The Labute approximate surface area is 91.5 Å². The fraction of sp³-hybridized carbons (Fsp3) is 0.385. The highest BCUT2D eigenvalue weighted by atomic mass is 16.3. The van der Waals surface area contributed by atoms with Crippen LogP contribution in [0.5, 0.6) is 0 Å². The van der Waals surface area contributed by atoms with Crippen molar-refractivity contribution in [1.82, 2.24) is 4.90 Å². The van der Waals surface area contributed by atoms with E-state index in [1.54, 1.807) is 0 Å². The summed E-state index contributed by atoms with van der Waals surface area (Å²) in [5.41, 5.74) is 1.15. The van der Waals surface area contributed by atoms with Gasteiger partial charge in [0.1, 0.15) is 0 Å². The Kier molecular flexibility index (Phi) is 4.89. The number of hydrogen-bond acceptors (Lipinski definition) is 2. The molecule has 0 unspecified atom stereocenters. The fourth-order valence-corrected chi connectivity index (χ4v) is 1.53. The van der Waals surface area contributed by atoms with Crippen molar-refractivity contribution in [3.05, 3.63) is 35.9 Å². The van der Waals surface area contributed by atoms with E-state index in [-0.39, 0.29) is 6.10 Å². The van der Waals surface area contributed by atoms with Gasteiger partial charge in [0.25, 0.3) is 0 Å². The Morgan fingerprint density at radius 2 is 2.07 bits per heavy atom. The molecule has 0 spiro atoms. The molecule has 1 aromatic carbocycles. The zero-order valence-electron chi connectivity index (χ0n) is 9.06. The Hall–Kier alpha value is -1.30. The van der Waals surface area contributed by atoms with Crippen LogP contribution in [-0.2, 0) is 6.42 Å². The number of terminal acetylenes is 1. The SMILES string of the molecule is C#CCN(C)C[C@@H](O)Cc1ccccc1. The summed E-state index contributed by atoms with van der Waals surface area (Å²) in [4.78, 5) is 1.94. The summed E-state index contributed by atoms with van der Waals surface area (Å²) in [6.45, 7) is 1.19. The fourth-order valence-electron chi connectivity index (χ4n) is 1.53. The van der Waals surface area contributed by atoms with Crippen LogP contribution in [0.1, 0.15) is 5.56 Å². The lowest BCUT2D eigenvalue weighted by Gasteiger charge is -2.18. The van der Waals surface area contributed by atoms with Crippen molar-refractivity contribution >= 4 is 0 Å². The molecule has 0 aliphatic rings. The molecule has 0 radical (unpaired) electrons. The van der Waals surface area contributed by atoms with Gasteiger partial charge in [0, 0.05) is 6.54 Å². The van der Waals surface area contributed by atoms with Gasteiger partial charge >= 0.3 is 0 Å². The van der Waals surface area contributed by atoms with Crippen LogP contribution in [0.25, 0.3) is 0 Å². The Balaban J connectivity index is 2.37. The van der Waals surface area contributed by atoms with Crippen molar-refractivity contribution in [3.8, 4) is 12.3 Å². The number of hydrogen-bond donors (Lipinski definition) is 1. The average molecular weight is 203 g/mol. The first-order chi connectivity index (χ1) is 7.22. The topological polar surface area (TPSA) is 23.5 Å². The van der Waals surface area contributed by atoms with E-state index in [2.05, 4.69) is 5.92 Å². The molecular formula is C13H17NO. The smallest absolute Gasteiger partial charge is 0.0707 e. The lowest BCUT2D eigenvalue weighted by molar-refractivity contribution is 0.132. The minimum atomic E-state index is -0.356. The number of rotatable bonds is 5. The predicted octanol–water partition coefficient (Wildman–Crippen LogP) is 1.16. The van der Waals surface area contributed by atoms with Gasteiger partial charge in [0.05, 0.1) is 12.6 Å². The molecule has 0 fully saturated rings. The third-order valence-corrected chi connectivity index (χ3v) is 2.20. The molecule has 0 saturated carbocycles. The van der Waals surface area contributed by atoms with Crippen LogP contribution in [-0.4, -0.2) is 36.2 Å². The molecule has 0 heterocycles. The van der Waals surface area contributed by atoms with Gasteiger partial charge in [-0.1, -0.05) is 36.3 Å². The second kappa shape index (κ2) is 6.23. The van der Waals surface area contributed by atoms with Crippen molar-refractivity contribution < 1.29 is 5.11 Å². The van der Waals surface area contributed by atoms with Gasteiger partial charge in [-0.15, -0.1) is 6.42 Å². The molecule has 80 valence electrons. The van der Waals surface area contributed by atoms with Crippen LogP contribution in [0.2, 0.25) is 0 Å². The van der Waals surface area contributed by atoms with Gasteiger partial charge in [0.2, 0.25) is 0 Å². The van der Waals surface area contributed by atoms with E-state index in [0.717, 1.165) is 5.56 Å². The summed E-state index contributed by atoms with van der Waals surface area (Å²) in [5.74, 6) is 2.55. The minimum absolute atomic E-state index is 0.356. The van der Waals surface area contributed by atoms with Crippen LogP contribution in [0, 0.1) is 12.3 Å². The lowest BCUT2D eigenvalue weighted by atomic mass is 10.1. The molecule has 1 rings (SSSR count). The van der Waals surface area contributed by atoms with E-state index in [4.69, 9.17) is 6.42 Å². The van der Waals surface area contributed by atoms with Crippen LogP contribution < -0.4 is 0 Å². The summed E-state index contributed by atoms with van der Waals surface area (Å²) in [6, 6.07) is 9.97. The molecule has 2 heteroatoms. The molecule has 0 saturated heterocycles. The molecule has 2 nitrogen and oxygen atoms in total. The van der Waals surface area contributed by atoms with Crippen molar-refractivity contribution in [2.24, 2.45) is 0 Å². The largest absolute Gasteiger partial charge is 0.391 e. The summed E-state index contributed by atoms with van der Waals surface area (Å²) < 4.78 is 0. The number of nitrogens with zero attached hydrogens (tertiary/aromatic N) is 1. The lowest BCUT2D eigenvalue weighted by Crippen LogP contribution is -2.30. The Morgan fingerprint density at radius 3 is 2.67 bits per heavy atom. The molecule has 0 aliphatic carbocycles. The Morgan fingerprint density at radius 1 is 1.40 bits per heavy atom. The second-order valence-electron chi connectivity index (χ2n) is 3.74. The Bertz CT molecular complexity index is 315. The first-order valence-electron chi connectivity index (χ1n) is 5.06. The third kappa shape index (κ3) is 4.64. The predicted molar refractivity (Wildman–Crippen MR) is 62.5 cm³/mol. The van der Waals surface area contributed by atoms with Crippen LogP contribution in [0.4, 0.5) is 0 Å². The maximum Gasteiger partial charge on any atom is 0.0707 e. The van der Waals surface area contributed by atoms with E-state index < -0.39 is 0 Å². The van der Waals surface area contributed by atoms with Crippen LogP contribution >= 0.6 is 0 Å². The molecule has 0 aliphatic heterocycles. The minimum Gasteiger partial charge on any atom is -0.391 e. The van der Waals surface area contributed by atoms with E-state index in [0.29, 0.717) is 19.5 Å². The summed E-state index contributed by atoms with van der Waals surface area (Å²) >= 11 is 0. The van der Waals surface area contributed by atoms with Gasteiger partial charge in [0.15, 0.2) is 0 Å². The van der Waals surface area contributed by atoms with E-state index in [9.17, 15) is 5.11 Å². The zero-order valence-corrected chi connectivity index (χ0v) is 9.06. The first-order valence-corrected chi connectivity index (χ1v) is 5.06. The van der Waals surface area contributed by atoms with Crippen molar-refractivity contribution in [3.63, 3.8) is 0 Å². The van der Waals surface area contributed by atoms with Gasteiger partial charge in [-0.3, -0.25) is 4.90 Å². The maximum atomic E-state index is 9.79. The third-order valence-electron chi connectivity index (χ3n) is 2.20. The van der Waals surface area contributed by atoms with E-state index in [1.165, 1.54) is 0 Å². The molecule has 1 atom stereocenters. The molecule has 0 bridgehead atoms.